The molecule has 0 atom stereocenters. The third kappa shape index (κ3) is 3.04. The SMILES string of the molecule is COC(=O)c1ccc(Cl)c(N2CCN(C(C)=O)CC2)c1. The van der Waals surface area contributed by atoms with E-state index in [1.807, 2.05) is 0 Å². The predicted molar refractivity (Wildman–Crippen MR) is 77.3 cm³/mol. The van der Waals surface area contributed by atoms with E-state index < -0.39 is 0 Å². The Kier molecular flexibility index (Phi) is 4.49. The summed E-state index contributed by atoms with van der Waals surface area (Å²) in [5, 5.41) is 0.592. The number of rotatable bonds is 2. The first-order valence-electron chi connectivity index (χ1n) is 6.41. The number of ether oxygens (including phenoxy) is 1. The molecule has 0 radical (unpaired) electrons. The lowest BCUT2D eigenvalue weighted by molar-refractivity contribution is -0.129. The number of nitrogens with zero attached hydrogens (tertiary/aromatic N) is 2. The molecular formula is C14H17ClN2O3. The molecule has 108 valence electrons. The largest absolute Gasteiger partial charge is 0.465 e. The van der Waals surface area contributed by atoms with Gasteiger partial charge in [0, 0.05) is 33.1 Å². The molecule has 1 amide bonds. The second-order valence-corrected chi connectivity index (χ2v) is 5.06. The molecule has 0 bridgehead atoms. The smallest absolute Gasteiger partial charge is 0.337 e. The molecule has 2 rings (SSSR count). The van der Waals surface area contributed by atoms with E-state index in [9.17, 15) is 9.59 Å². The fourth-order valence-electron chi connectivity index (χ4n) is 2.26. The Morgan fingerprint density at radius 3 is 2.40 bits per heavy atom. The van der Waals surface area contributed by atoms with Gasteiger partial charge in [0.05, 0.1) is 23.4 Å². The summed E-state index contributed by atoms with van der Waals surface area (Å²) in [6.07, 6.45) is 0. The number of piperazine rings is 1. The fourth-order valence-corrected chi connectivity index (χ4v) is 2.50. The van der Waals surface area contributed by atoms with E-state index in [4.69, 9.17) is 16.3 Å². The number of esters is 1. The Morgan fingerprint density at radius 2 is 1.85 bits per heavy atom. The number of carbonyl (C=O) groups excluding carboxylic acids is 2. The zero-order chi connectivity index (χ0) is 14.7. The van der Waals surface area contributed by atoms with Gasteiger partial charge in [-0.1, -0.05) is 11.6 Å². The van der Waals surface area contributed by atoms with Gasteiger partial charge in [0.15, 0.2) is 0 Å². The van der Waals surface area contributed by atoms with Crippen LogP contribution in [-0.2, 0) is 9.53 Å². The van der Waals surface area contributed by atoms with Gasteiger partial charge in [0.25, 0.3) is 0 Å². The van der Waals surface area contributed by atoms with E-state index in [-0.39, 0.29) is 11.9 Å². The van der Waals surface area contributed by atoms with Gasteiger partial charge in [-0.15, -0.1) is 0 Å². The van der Waals surface area contributed by atoms with Crippen molar-refractivity contribution in [2.45, 2.75) is 6.92 Å². The Bertz CT molecular complexity index is 525. The Balaban J connectivity index is 2.17. The lowest BCUT2D eigenvalue weighted by Crippen LogP contribution is -2.48. The maximum Gasteiger partial charge on any atom is 0.337 e. The molecule has 1 heterocycles. The molecule has 0 unspecified atom stereocenters. The lowest BCUT2D eigenvalue weighted by Gasteiger charge is -2.36. The first-order chi connectivity index (χ1) is 9.52. The number of hydrogen-bond donors (Lipinski definition) is 0. The summed E-state index contributed by atoms with van der Waals surface area (Å²) in [4.78, 5) is 26.8. The van der Waals surface area contributed by atoms with E-state index in [2.05, 4.69) is 4.90 Å². The Labute approximate surface area is 123 Å². The maximum absolute atomic E-state index is 11.6. The van der Waals surface area contributed by atoms with Gasteiger partial charge >= 0.3 is 5.97 Å². The van der Waals surface area contributed by atoms with Gasteiger partial charge in [-0.3, -0.25) is 4.79 Å². The minimum absolute atomic E-state index is 0.0825. The van der Waals surface area contributed by atoms with Gasteiger partial charge in [-0.05, 0) is 18.2 Å². The van der Waals surface area contributed by atoms with Gasteiger partial charge in [0.2, 0.25) is 5.91 Å². The fraction of sp³-hybridized carbons (Fsp3) is 0.429. The van der Waals surface area contributed by atoms with Gasteiger partial charge in [-0.25, -0.2) is 4.79 Å². The van der Waals surface area contributed by atoms with Crippen molar-refractivity contribution in [2.75, 3.05) is 38.2 Å². The molecule has 1 fully saturated rings. The third-order valence-corrected chi connectivity index (χ3v) is 3.75. The van der Waals surface area contributed by atoms with Crippen LogP contribution >= 0.6 is 11.6 Å². The third-order valence-electron chi connectivity index (χ3n) is 3.43. The van der Waals surface area contributed by atoms with Crippen LogP contribution in [0.25, 0.3) is 0 Å². The van der Waals surface area contributed by atoms with E-state index in [1.54, 1.807) is 30.0 Å². The van der Waals surface area contributed by atoms with E-state index in [1.165, 1.54) is 7.11 Å². The van der Waals surface area contributed by atoms with Gasteiger partial charge < -0.3 is 14.5 Å². The molecule has 6 heteroatoms. The Morgan fingerprint density at radius 1 is 1.20 bits per heavy atom. The second kappa shape index (κ2) is 6.13. The van der Waals surface area contributed by atoms with Crippen LogP contribution in [0.4, 0.5) is 5.69 Å². The average molecular weight is 297 g/mol. The number of benzene rings is 1. The maximum atomic E-state index is 11.6. The van der Waals surface area contributed by atoms with E-state index in [0.29, 0.717) is 36.8 Å². The van der Waals surface area contributed by atoms with Crippen LogP contribution in [0.1, 0.15) is 17.3 Å². The minimum atomic E-state index is -0.384. The van der Waals surface area contributed by atoms with E-state index >= 15 is 0 Å². The minimum Gasteiger partial charge on any atom is -0.465 e. The highest BCUT2D eigenvalue weighted by atomic mass is 35.5. The van der Waals surface area contributed by atoms with Crippen LogP contribution in [0.15, 0.2) is 18.2 Å². The average Bonchev–Trinajstić information content (AvgIpc) is 2.47. The van der Waals surface area contributed by atoms with E-state index in [0.717, 1.165) is 5.69 Å². The summed E-state index contributed by atoms with van der Waals surface area (Å²) in [7, 11) is 1.35. The topological polar surface area (TPSA) is 49.9 Å². The number of amides is 1. The van der Waals surface area contributed by atoms with Crippen molar-refractivity contribution >= 4 is 29.2 Å². The van der Waals surface area contributed by atoms with Gasteiger partial charge in [-0.2, -0.15) is 0 Å². The zero-order valence-corrected chi connectivity index (χ0v) is 12.3. The summed E-state index contributed by atoms with van der Waals surface area (Å²) in [6, 6.07) is 5.07. The van der Waals surface area contributed by atoms with Crippen LogP contribution in [0.5, 0.6) is 0 Å². The zero-order valence-electron chi connectivity index (χ0n) is 11.6. The molecule has 0 spiro atoms. The van der Waals surface area contributed by atoms with Crippen molar-refractivity contribution in [2.24, 2.45) is 0 Å². The highest BCUT2D eigenvalue weighted by Crippen LogP contribution is 2.28. The standard InChI is InChI=1S/C14H17ClN2O3/c1-10(18)16-5-7-17(8-6-16)13-9-11(14(19)20-2)3-4-12(13)15/h3-4,9H,5-8H2,1-2H3. The monoisotopic (exact) mass is 296 g/mol. The van der Waals surface area contributed by atoms with Crippen molar-refractivity contribution < 1.29 is 14.3 Å². The number of carbonyl (C=O) groups is 2. The number of methoxy groups -OCH3 is 1. The summed E-state index contributed by atoms with van der Waals surface area (Å²) >= 11 is 6.20. The molecular weight excluding hydrogens is 280 g/mol. The quantitative estimate of drug-likeness (QED) is 0.781. The summed E-state index contributed by atoms with van der Waals surface area (Å²) in [5.74, 6) is -0.302. The molecule has 1 aromatic rings. The molecule has 20 heavy (non-hydrogen) atoms. The van der Waals surface area contributed by atoms with Crippen LogP contribution in [-0.4, -0.2) is 50.1 Å². The van der Waals surface area contributed by atoms with Crippen LogP contribution < -0.4 is 4.90 Å². The number of hydrogen-bond acceptors (Lipinski definition) is 4. The number of anilines is 1. The van der Waals surface area contributed by atoms with Crippen molar-refractivity contribution in [1.82, 2.24) is 4.90 Å². The highest BCUT2D eigenvalue weighted by molar-refractivity contribution is 6.33. The molecule has 1 aliphatic heterocycles. The molecule has 1 saturated heterocycles. The predicted octanol–water partition coefficient (Wildman–Crippen LogP) is 1.80. The molecule has 5 nitrogen and oxygen atoms in total. The van der Waals surface area contributed by atoms with Crippen molar-refractivity contribution in [3.63, 3.8) is 0 Å². The van der Waals surface area contributed by atoms with Crippen LogP contribution in [0, 0.1) is 0 Å². The number of halogens is 1. The molecule has 0 N–H and O–H groups in total. The van der Waals surface area contributed by atoms with Crippen LogP contribution in [0.2, 0.25) is 5.02 Å². The van der Waals surface area contributed by atoms with Crippen molar-refractivity contribution in [3.05, 3.63) is 28.8 Å². The molecule has 1 aliphatic rings. The summed E-state index contributed by atoms with van der Waals surface area (Å²) in [6.45, 7) is 4.29. The van der Waals surface area contributed by atoms with Gasteiger partial charge in [0.1, 0.15) is 0 Å². The van der Waals surface area contributed by atoms with Crippen molar-refractivity contribution in [1.29, 1.82) is 0 Å². The molecule has 1 aromatic carbocycles. The first-order valence-corrected chi connectivity index (χ1v) is 6.79. The summed E-state index contributed by atoms with van der Waals surface area (Å²) in [5.41, 5.74) is 1.28. The Hall–Kier alpha value is -1.75. The molecule has 0 aliphatic carbocycles. The normalized spacial score (nSPS) is 15.2. The van der Waals surface area contributed by atoms with Crippen molar-refractivity contribution in [3.8, 4) is 0 Å². The van der Waals surface area contributed by atoms with Crippen LogP contribution in [0.3, 0.4) is 0 Å². The molecule has 0 aromatic heterocycles. The lowest BCUT2D eigenvalue weighted by atomic mass is 10.1. The highest BCUT2D eigenvalue weighted by Gasteiger charge is 2.21. The first kappa shape index (κ1) is 14.7. The molecule has 0 saturated carbocycles. The second-order valence-electron chi connectivity index (χ2n) is 4.65. The summed E-state index contributed by atoms with van der Waals surface area (Å²) < 4.78 is 4.71.